The fraction of sp³-hybridized carbons (Fsp3) is 0.240. The largest absolute Gasteiger partial charge is 0.457 e. The summed E-state index contributed by atoms with van der Waals surface area (Å²) in [4.78, 5) is 21.1. The van der Waals surface area contributed by atoms with Gasteiger partial charge in [0.1, 0.15) is 23.0 Å². The molecule has 0 saturated carbocycles. The maximum Gasteiger partial charge on any atom is 0.224 e. The fourth-order valence-corrected chi connectivity index (χ4v) is 3.42. The zero-order valence-corrected chi connectivity index (χ0v) is 17.6. The normalized spacial score (nSPS) is 12.7. The fourth-order valence-electron chi connectivity index (χ4n) is 3.42. The van der Waals surface area contributed by atoms with Gasteiger partial charge in [-0.15, -0.1) is 0 Å². The molecule has 0 aliphatic carbocycles. The van der Waals surface area contributed by atoms with Crippen LogP contribution in [0.3, 0.4) is 0 Å². The molecule has 3 aromatic rings. The zero-order chi connectivity index (χ0) is 21.5. The molecule has 1 aliphatic heterocycles. The van der Waals surface area contributed by atoms with Gasteiger partial charge in [0.25, 0.3) is 0 Å². The van der Waals surface area contributed by atoms with Crippen LogP contribution in [0.15, 0.2) is 71.9 Å². The van der Waals surface area contributed by atoms with Gasteiger partial charge in [-0.3, -0.25) is 14.8 Å². The lowest BCUT2D eigenvalue weighted by atomic mass is 10.1. The Labute approximate surface area is 182 Å². The Morgan fingerprint density at radius 1 is 1.06 bits per heavy atom. The van der Waals surface area contributed by atoms with Crippen LogP contribution in [0.2, 0.25) is 0 Å². The third-order valence-corrected chi connectivity index (χ3v) is 5.04. The van der Waals surface area contributed by atoms with Crippen molar-refractivity contribution in [3.8, 4) is 11.5 Å². The van der Waals surface area contributed by atoms with E-state index in [1.165, 1.54) is 5.56 Å². The number of pyridine rings is 1. The summed E-state index contributed by atoms with van der Waals surface area (Å²) in [5.41, 5.74) is 3.87. The van der Waals surface area contributed by atoms with Gasteiger partial charge in [-0.2, -0.15) is 0 Å². The smallest absolute Gasteiger partial charge is 0.224 e. The first-order chi connectivity index (χ1) is 15.2. The van der Waals surface area contributed by atoms with E-state index in [0.29, 0.717) is 18.6 Å². The summed E-state index contributed by atoms with van der Waals surface area (Å²) in [6, 6.07) is 19.5. The van der Waals surface area contributed by atoms with E-state index in [1.54, 1.807) is 6.20 Å². The van der Waals surface area contributed by atoms with Crippen molar-refractivity contribution in [2.24, 2.45) is 4.99 Å². The molecule has 6 heteroatoms. The first kappa shape index (κ1) is 20.6. The van der Waals surface area contributed by atoms with Crippen molar-refractivity contribution in [3.63, 3.8) is 0 Å². The van der Waals surface area contributed by atoms with E-state index >= 15 is 0 Å². The van der Waals surface area contributed by atoms with Crippen LogP contribution in [0.25, 0.3) is 0 Å². The third-order valence-electron chi connectivity index (χ3n) is 5.04. The van der Waals surface area contributed by atoms with Crippen LogP contribution >= 0.6 is 0 Å². The monoisotopic (exact) mass is 414 g/mol. The SMILES string of the molecule is CCc1cccc(NC(=O)CCc2cccc(Oc3ccnc(C4=NCCN4)c3)c2)c1. The van der Waals surface area contributed by atoms with Crippen molar-refractivity contribution in [1.29, 1.82) is 0 Å². The van der Waals surface area contributed by atoms with Crippen LogP contribution in [0.5, 0.6) is 11.5 Å². The summed E-state index contributed by atoms with van der Waals surface area (Å²) in [7, 11) is 0. The molecular formula is C25H26N4O2. The van der Waals surface area contributed by atoms with Crippen molar-refractivity contribution in [2.75, 3.05) is 18.4 Å². The molecule has 2 heterocycles. The quantitative estimate of drug-likeness (QED) is 0.574. The van der Waals surface area contributed by atoms with Gasteiger partial charge < -0.3 is 15.4 Å². The van der Waals surface area contributed by atoms with E-state index in [0.717, 1.165) is 48.0 Å². The van der Waals surface area contributed by atoms with E-state index in [-0.39, 0.29) is 5.91 Å². The Morgan fingerprint density at radius 3 is 2.74 bits per heavy atom. The van der Waals surface area contributed by atoms with Gasteiger partial charge in [0.05, 0.1) is 6.54 Å². The van der Waals surface area contributed by atoms with Gasteiger partial charge in [0.2, 0.25) is 5.91 Å². The number of amides is 1. The molecule has 0 unspecified atom stereocenters. The lowest BCUT2D eigenvalue weighted by Crippen LogP contribution is -2.20. The first-order valence-electron chi connectivity index (χ1n) is 10.6. The maximum absolute atomic E-state index is 12.4. The number of nitrogens with one attached hydrogen (secondary N) is 2. The van der Waals surface area contributed by atoms with Crippen LogP contribution in [-0.4, -0.2) is 29.8 Å². The highest BCUT2D eigenvalue weighted by atomic mass is 16.5. The average molecular weight is 415 g/mol. The zero-order valence-electron chi connectivity index (χ0n) is 17.6. The van der Waals surface area contributed by atoms with Crippen molar-refractivity contribution in [3.05, 3.63) is 83.7 Å². The first-order valence-corrected chi connectivity index (χ1v) is 10.6. The molecule has 0 spiro atoms. The molecule has 2 N–H and O–H groups in total. The minimum atomic E-state index is 0.00295. The number of anilines is 1. The van der Waals surface area contributed by atoms with E-state index in [9.17, 15) is 4.79 Å². The highest BCUT2D eigenvalue weighted by molar-refractivity contribution is 5.98. The van der Waals surface area contributed by atoms with Crippen molar-refractivity contribution >= 4 is 17.4 Å². The number of nitrogens with zero attached hydrogens (tertiary/aromatic N) is 2. The van der Waals surface area contributed by atoms with Crippen LogP contribution in [0.4, 0.5) is 5.69 Å². The van der Waals surface area contributed by atoms with Crippen LogP contribution in [0.1, 0.15) is 30.2 Å². The second-order valence-corrected chi connectivity index (χ2v) is 7.39. The van der Waals surface area contributed by atoms with Crippen molar-refractivity contribution in [1.82, 2.24) is 10.3 Å². The van der Waals surface area contributed by atoms with E-state index in [4.69, 9.17) is 4.74 Å². The van der Waals surface area contributed by atoms with Gasteiger partial charge in [-0.05, 0) is 54.3 Å². The summed E-state index contributed by atoms with van der Waals surface area (Å²) in [5.74, 6) is 2.23. The van der Waals surface area contributed by atoms with Crippen molar-refractivity contribution < 1.29 is 9.53 Å². The number of hydrogen-bond donors (Lipinski definition) is 2. The number of amidine groups is 1. The second-order valence-electron chi connectivity index (χ2n) is 7.39. The van der Waals surface area contributed by atoms with Gasteiger partial charge in [-0.1, -0.05) is 31.2 Å². The molecule has 0 fully saturated rings. The molecule has 0 radical (unpaired) electrons. The summed E-state index contributed by atoms with van der Waals surface area (Å²) in [6.45, 7) is 3.70. The Bertz CT molecular complexity index is 1090. The Morgan fingerprint density at radius 2 is 1.90 bits per heavy atom. The van der Waals surface area contributed by atoms with E-state index in [1.807, 2.05) is 54.6 Å². The maximum atomic E-state index is 12.4. The van der Waals surface area contributed by atoms with Crippen LogP contribution in [-0.2, 0) is 17.6 Å². The molecule has 1 aromatic heterocycles. The lowest BCUT2D eigenvalue weighted by molar-refractivity contribution is -0.116. The number of benzene rings is 2. The molecular weight excluding hydrogens is 388 g/mol. The number of carbonyl (C=O) groups excluding carboxylic acids is 1. The lowest BCUT2D eigenvalue weighted by Gasteiger charge is -2.10. The van der Waals surface area contributed by atoms with Gasteiger partial charge in [-0.25, -0.2) is 0 Å². The summed E-state index contributed by atoms with van der Waals surface area (Å²) >= 11 is 0. The minimum absolute atomic E-state index is 0.00295. The summed E-state index contributed by atoms with van der Waals surface area (Å²) in [6.07, 6.45) is 3.71. The number of rotatable bonds is 8. The standard InChI is InChI=1S/C25H26N4O2/c1-2-18-5-3-7-20(15-18)29-24(30)10-9-19-6-4-8-21(16-19)31-22-11-12-26-23(17-22)25-27-13-14-28-25/h3-8,11-12,15-17H,2,9-10,13-14H2,1H3,(H,27,28)(H,29,30). The van der Waals surface area contributed by atoms with Crippen LogP contribution in [0, 0.1) is 0 Å². The highest BCUT2D eigenvalue weighted by Crippen LogP contribution is 2.23. The second kappa shape index (κ2) is 9.89. The molecule has 0 bridgehead atoms. The van der Waals surface area contributed by atoms with Gasteiger partial charge in [0.15, 0.2) is 0 Å². The summed E-state index contributed by atoms with van der Waals surface area (Å²) < 4.78 is 6.02. The molecule has 2 aromatic carbocycles. The molecule has 6 nitrogen and oxygen atoms in total. The number of aromatic nitrogens is 1. The Balaban J connectivity index is 1.35. The predicted octanol–water partition coefficient (Wildman–Crippen LogP) is 4.36. The molecule has 1 aliphatic rings. The molecule has 4 rings (SSSR count). The third kappa shape index (κ3) is 5.69. The van der Waals surface area contributed by atoms with Gasteiger partial charge >= 0.3 is 0 Å². The Hall–Kier alpha value is -3.67. The number of aryl methyl sites for hydroxylation is 2. The minimum Gasteiger partial charge on any atom is -0.457 e. The van der Waals surface area contributed by atoms with E-state index in [2.05, 4.69) is 33.6 Å². The molecule has 31 heavy (non-hydrogen) atoms. The topological polar surface area (TPSA) is 75.6 Å². The van der Waals surface area contributed by atoms with E-state index < -0.39 is 0 Å². The van der Waals surface area contributed by atoms with Gasteiger partial charge in [0, 0.05) is 30.9 Å². The number of carbonyl (C=O) groups is 1. The Kier molecular flexibility index (Phi) is 6.57. The van der Waals surface area contributed by atoms with Crippen LogP contribution < -0.4 is 15.4 Å². The molecule has 1 amide bonds. The number of aliphatic imine (C=N–C) groups is 1. The molecule has 158 valence electrons. The van der Waals surface area contributed by atoms with Crippen molar-refractivity contribution in [2.45, 2.75) is 26.2 Å². The highest BCUT2D eigenvalue weighted by Gasteiger charge is 2.11. The number of hydrogen-bond acceptors (Lipinski definition) is 5. The average Bonchev–Trinajstić information content (AvgIpc) is 3.33. The number of ether oxygens (including phenoxy) is 1. The predicted molar refractivity (Wildman–Crippen MR) is 123 cm³/mol. The molecule has 0 atom stereocenters. The molecule has 0 saturated heterocycles. The summed E-state index contributed by atoms with van der Waals surface area (Å²) in [5, 5.41) is 6.20.